The van der Waals surface area contributed by atoms with E-state index < -0.39 is 17.8 Å². The van der Waals surface area contributed by atoms with E-state index in [1.165, 1.54) is 0 Å². The molecule has 23 heavy (non-hydrogen) atoms. The number of nitrogens with one attached hydrogen (secondary N) is 1. The van der Waals surface area contributed by atoms with Gasteiger partial charge in [-0.25, -0.2) is 0 Å². The first kappa shape index (κ1) is 17.5. The fourth-order valence-electron chi connectivity index (χ4n) is 3.38. The fraction of sp³-hybridized carbons (Fsp3) is 0.706. The van der Waals surface area contributed by atoms with E-state index in [-0.39, 0.29) is 11.8 Å². The molecule has 1 saturated heterocycles. The summed E-state index contributed by atoms with van der Waals surface area (Å²) in [5.41, 5.74) is 2.19. The molecule has 0 spiro atoms. The van der Waals surface area contributed by atoms with E-state index in [1.54, 1.807) is 0 Å². The van der Waals surface area contributed by atoms with E-state index >= 15 is 0 Å². The number of hydrogen-bond acceptors (Lipinski definition) is 3. The molecule has 1 fully saturated rings. The SMILES string of the molecule is CC1=C(C)C[C@@H](C(=O)O)[C@@H](C(=O)NCCCN2CCCC2=O)C1. The van der Waals surface area contributed by atoms with Crippen LogP contribution in [0.2, 0.25) is 0 Å². The molecule has 2 atom stereocenters. The topological polar surface area (TPSA) is 86.7 Å². The molecular formula is C17H26N2O4. The molecule has 1 aliphatic carbocycles. The van der Waals surface area contributed by atoms with Gasteiger partial charge in [-0.3, -0.25) is 14.4 Å². The molecule has 0 aromatic rings. The van der Waals surface area contributed by atoms with Crippen molar-refractivity contribution in [2.24, 2.45) is 11.8 Å². The van der Waals surface area contributed by atoms with Crippen molar-refractivity contribution in [2.75, 3.05) is 19.6 Å². The lowest BCUT2D eigenvalue weighted by Gasteiger charge is -2.29. The molecule has 128 valence electrons. The summed E-state index contributed by atoms with van der Waals surface area (Å²) in [6.45, 7) is 5.84. The van der Waals surface area contributed by atoms with Crippen molar-refractivity contribution in [1.29, 1.82) is 0 Å². The van der Waals surface area contributed by atoms with Gasteiger partial charge in [-0.2, -0.15) is 0 Å². The highest BCUT2D eigenvalue weighted by molar-refractivity contribution is 5.85. The summed E-state index contributed by atoms with van der Waals surface area (Å²) in [6.07, 6.45) is 3.20. The third-order valence-electron chi connectivity index (χ3n) is 5.00. The summed E-state index contributed by atoms with van der Waals surface area (Å²) in [5.74, 6) is -2.04. The van der Waals surface area contributed by atoms with Gasteiger partial charge in [-0.05, 0) is 39.5 Å². The second-order valence-electron chi connectivity index (χ2n) is 6.65. The Morgan fingerprint density at radius 3 is 2.43 bits per heavy atom. The van der Waals surface area contributed by atoms with E-state index in [0.717, 1.165) is 24.1 Å². The first-order valence-electron chi connectivity index (χ1n) is 8.33. The van der Waals surface area contributed by atoms with Crippen LogP contribution in [0.3, 0.4) is 0 Å². The van der Waals surface area contributed by atoms with Crippen LogP contribution in [0.25, 0.3) is 0 Å². The Hall–Kier alpha value is -1.85. The van der Waals surface area contributed by atoms with E-state index in [4.69, 9.17) is 0 Å². The number of amides is 2. The Labute approximate surface area is 136 Å². The molecule has 2 aliphatic rings. The van der Waals surface area contributed by atoms with Crippen LogP contribution >= 0.6 is 0 Å². The van der Waals surface area contributed by atoms with Crippen molar-refractivity contribution in [3.8, 4) is 0 Å². The number of carboxylic acids is 1. The van der Waals surface area contributed by atoms with Gasteiger partial charge < -0.3 is 15.3 Å². The number of carbonyl (C=O) groups excluding carboxylic acids is 2. The number of nitrogens with zero attached hydrogens (tertiary/aromatic N) is 1. The van der Waals surface area contributed by atoms with Gasteiger partial charge in [0.2, 0.25) is 11.8 Å². The van der Waals surface area contributed by atoms with Crippen LogP contribution in [-0.2, 0) is 14.4 Å². The molecule has 1 heterocycles. The molecule has 2 amide bonds. The number of rotatable bonds is 6. The molecular weight excluding hydrogens is 296 g/mol. The highest BCUT2D eigenvalue weighted by Crippen LogP contribution is 2.34. The fourth-order valence-corrected chi connectivity index (χ4v) is 3.38. The van der Waals surface area contributed by atoms with Crippen molar-refractivity contribution in [3.63, 3.8) is 0 Å². The summed E-state index contributed by atoms with van der Waals surface area (Å²) in [7, 11) is 0. The smallest absolute Gasteiger partial charge is 0.307 e. The second kappa shape index (κ2) is 7.62. The number of carboxylic acid groups (broad SMARTS) is 1. The highest BCUT2D eigenvalue weighted by Gasteiger charge is 2.37. The van der Waals surface area contributed by atoms with Gasteiger partial charge in [0.25, 0.3) is 0 Å². The Morgan fingerprint density at radius 2 is 1.87 bits per heavy atom. The Morgan fingerprint density at radius 1 is 1.22 bits per heavy atom. The third kappa shape index (κ3) is 4.33. The zero-order valence-corrected chi connectivity index (χ0v) is 13.9. The number of carbonyl (C=O) groups is 3. The third-order valence-corrected chi connectivity index (χ3v) is 5.00. The van der Waals surface area contributed by atoms with Crippen LogP contribution in [0, 0.1) is 11.8 Å². The van der Waals surface area contributed by atoms with Crippen LogP contribution in [0.15, 0.2) is 11.1 Å². The predicted octanol–water partition coefficient (Wildman–Crippen LogP) is 1.56. The zero-order chi connectivity index (χ0) is 17.0. The quantitative estimate of drug-likeness (QED) is 0.574. The van der Waals surface area contributed by atoms with Gasteiger partial charge in [0.15, 0.2) is 0 Å². The lowest BCUT2D eigenvalue weighted by molar-refractivity contribution is -0.147. The summed E-state index contributed by atoms with van der Waals surface area (Å²) in [5, 5.41) is 12.2. The standard InChI is InChI=1S/C17H26N2O4/c1-11-9-13(14(17(22)23)10-12(11)2)16(21)18-6-4-8-19-7-3-5-15(19)20/h13-14H,3-10H2,1-2H3,(H,18,21)(H,22,23)/t13-,14+/m0/s1. The lowest BCUT2D eigenvalue weighted by Crippen LogP contribution is -2.41. The van der Waals surface area contributed by atoms with Crippen molar-refractivity contribution in [2.45, 2.75) is 46.0 Å². The van der Waals surface area contributed by atoms with Gasteiger partial charge in [0.1, 0.15) is 0 Å². The number of hydrogen-bond donors (Lipinski definition) is 2. The van der Waals surface area contributed by atoms with Crippen molar-refractivity contribution in [3.05, 3.63) is 11.1 Å². The second-order valence-corrected chi connectivity index (χ2v) is 6.65. The lowest BCUT2D eigenvalue weighted by atomic mass is 9.76. The zero-order valence-electron chi connectivity index (χ0n) is 13.9. The molecule has 0 radical (unpaired) electrons. The maximum absolute atomic E-state index is 12.3. The molecule has 2 N–H and O–H groups in total. The van der Waals surface area contributed by atoms with Crippen LogP contribution in [0.4, 0.5) is 0 Å². The number of likely N-dealkylation sites (tertiary alicyclic amines) is 1. The van der Waals surface area contributed by atoms with E-state index in [2.05, 4.69) is 5.32 Å². The maximum Gasteiger partial charge on any atom is 0.307 e. The van der Waals surface area contributed by atoms with Crippen LogP contribution in [0.1, 0.15) is 46.0 Å². The molecule has 0 saturated carbocycles. The predicted molar refractivity (Wildman–Crippen MR) is 85.7 cm³/mol. The van der Waals surface area contributed by atoms with Crippen LogP contribution in [0.5, 0.6) is 0 Å². The van der Waals surface area contributed by atoms with E-state index in [0.29, 0.717) is 38.8 Å². The number of aliphatic carboxylic acids is 1. The summed E-state index contributed by atoms with van der Waals surface area (Å²) < 4.78 is 0. The van der Waals surface area contributed by atoms with Crippen molar-refractivity contribution >= 4 is 17.8 Å². The normalized spacial score (nSPS) is 25.0. The van der Waals surface area contributed by atoms with Crippen LogP contribution < -0.4 is 5.32 Å². The summed E-state index contributed by atoms with van der Waals surface area (Å²) in [6, 6.07) is 0. The van der Waals surface area contributed by atoms with Gasteiger partial charge in [-0.15, -0.1) is 0 Å². The molecule has 2 rings (SSSR count). The molecule has 0 unspecified atom stereocenters. The van der Waals surface area contributed by atoms with E-state index in [9.17, 15) is 19.5 Å². The molecule has 6 heteroatoms. The Balaban J connectivity index is 1.81. The monoisotopic (exact) mass is 322 g/mol. The van der Waals surface area contributed by atoms with Crippen molar-refractivity contribution < 1.29 is 19.5 Å². The highest BCUT2D eigenvalue weighted by atomic mass is 16.4. The number of allylic oxidation sites excluding steroid dienone is 2. The molecule has 0 bridgehead atoms. The van der Waals surface area contributed by atoms with Gasteiger partial charge >= 0.3 is 5.97 Å². The van der Waals surface area contributed by atoms with Gasteiger partial charge in [0.05, 0.1) is 11.8 Å². The Kier molecular flexibility index (Phi) is 5.80. The summed E-state index contributed by atoms with van der Waals surface area (Å²) >= 11 is 0. The van der Waals surface area contributed by atoms with Gasteiger partial charge in [-0.1, -0.05) is 11.1 Å². The van der Waals surface area contributed by atoms with Crippen LogP contribution in [-0.4, -0.2) is 47.4 Å². The van der Waals surface area contributed by atoms with Gasteiger partial charge in [0, 0.05) is 26.1 Å². The Bertz CT molecular complexity index is 527. The first-order valence-corrected chi connectivity index (χ1v) is 8.33. The molecule has 0 aromatic heterocycles. The molecule has 0 aromatic carbocycles. The summed E-state index contributed by atoms with van der Waals surface area (Å²) in [4.78, 5) is 37.1. The average molecular weight is 322 g/mol. The van der Waals surface area contributed by atoms with E-state index in [1.807, 2.05) is 18.7 Å². The minimum Gasteiger partial charge on any atom is -0.481 e. The van der Waals surface area contributed by atoms with Crippen molar-refractivity contribution in [1.82, 2.24) is 10.2 Å². The minimum absolute atomic E-state index is 0.183. The minimum atomic E-state index is -0.903. The maximum atomic E-state index is 12.3. The first-order chi connectivity index (χ1) is 10.9. The average Bonchev–Trinajstić information content (AvgIpc) is 2.90. The molecule has 1 aliphatic heterocycles. The largest absolute Gasteiger partial charge is 0.481 e. The molecule has 6 nitrogen and oxygen atoms in total.